The van der Waals surface area contributed by atoms with Crippen LogP contribution < -0.4 is 0 Å². The van der Waals surface area contributed by atoms with Crippen LogP contribution in [0.1, 0.15) is 25.5 Å². The predicted molar refractivity (Wildman–Crippen MR) is 62.0 cm³/mol. The summed E-state index contributed by atoms with van der Waals surface area (Å²) in [5, 5.41) is 32.0. The Morgan fingerprint density at radius 2 is 2.00 bits per heavy atom. The van der Waals surface area contributed by atoms with Crippen molar-refractivity contribution in [2.24, 2.45) is 0 Å². The summed E-state index contributed by atoms with van der Waals surface area (Å²) in [5.74, 6) is -2.98. The Morgan fingerprint density at radius 3 is 2.61 bits per heavy atom. The van der Waals surface area contributed by atoms with Crippen LogP contribution in [0.5, 0.6) is 0 Å². The molecule has 96 valence electrons. The fraction of sp³-hybridized carbons (Fsp3) is 0.364. The second kappa shape index (κ2) is 4.45. The van der Waals surface area contributed by atoms with Crippen molar-refractivity contribution in [2.45, 2.75) is 25.9 Å². The molecule has 0 unspecified atom stereocenters. The first-order valence-corrected chi connectivity index (χ1v) is 5.42. The smallest absolute Gasteiger partial charge is 0.308 e. The van der Waals surface area contributed by atoms with Crippen molar-refractivity contribution in [1.82, 2.24) is 19.7 Å². The van der Waals surface area contributed by atoms with E-state index >= 15 is 0 Å². The van der Waals surface area contributed by atoms with Crippen LogP contribution in [0.15, 0.2) is 24.8 Å². The molecule has 0 aliphatic carbocycles. The quantitative estimate of drug-likeness (QED) is 0.663. The summed E-state index contributed by atoms with van der Waals surface area (Å²) in [6, 6.07) is 1.75. The maximum absolute atomic E-state index is 9.30. The van der Waals surface area contributed by atoms with Crippen molar-refractivity contribution in [1.29, 1.82) is 0 Å². The van der Waals surface area contributed by atoms with E-state index in [0.717, 1.165) is 6.20 Å². The fourth-order valence-corrected chi connectivity index (χ4v) is 1.69. The molecule has 0 saturated carbocycles. The third-order valence-electron chi connectivity index (χ3n) is 2.48. The van der Waals surface area contributed by atoms with Gasteiger partial charge in [-0.2, -0.15) is 5.10 Å². The first-order chi connectivity index (χ1) is 8.41. The second-order valence-corrected chi connectivity index (χ2v) is 4.18. The first kappa shape index (κ1) is 12.6. The van der Waals surface area contributed by atoms with Crippen molar-refractivity contribution in [3.8, 4) is 11.4 Å². The van der Waals surface area contributed by atoms with E-state index in [4.69, 9.17) is 0 Å². The van der Waals surface area contributed by atoms with E-state index in [-0.39, 0.29) is 17.3 Å². The lowest BCUT2D eigenvalue weighted by molar-refractivity contribution is -0.323. The van der Waals surface area contributed by atoms with Gasteiger partial charge in [-0.25, -0.2) is 9.97 Å². The Balaban J connectivity index is 2.61. The predicted octanol–water partition coefficient (Wildman–Crippen LogP) is 0.00820. The van der Waals surface area contributed by atoms with Crippen LogP contribution in [0.4, 0.5) is 0 Å². The molecular weight excluding hydrogens is 236 g/mol. The Kier molecular flexibility index (Phi) is 3.12. The second-order valence-electron chi connectivity index (χ2n) is 4.18. The largest absolute Gasteiger partial charge is 0.340 e. The van der Waals surface area contributed by atoms with Crippen molar-refractivity contribution in [3.63, 3.8) is 0 Å². The molecule has 2 aromatic heterocycles. The van der Waals surface area contributed by atoms with Crippen LogP contribution in [0.3, 0.4) is 0 Å². The molecule has 0 fully saturated rings. The van der Waals surface area contributed by atoms with Gasteiger partial charge in [0.25, 0.3) is 0 Å². The molecule has 2 aromatic rings. The number of aliphatic hydroxyl groups is 3. The molecule has 0 saturated heterocycles. The molecule has 7 heteroatoms. The van der Waals surface area contributed by atoms with Gasteiger partial charge >= 0.3 is 5.97 Å². The van der Waals surface area contributed by atoms with Crippen LogP contribution in [-0.2, 0) is 5.97 Å². The molecule has 2 heterocycles. The standard InChI is InChI=1S/C11H14N4O3/c1-7(2)15-9(3-4-14-15)10-8(11(16,17)18)5-12-6-13-10/h3-7,16-18H,1-2H3. The Morgan fingerprint density at radius 1 is 1.28 bits per heavy atom. The molecule has 0 radical (unpaired) electrons. The zero-order chi connectivity index (χ0) is 13.3. The molecule has 0 spiro atoms. The molecule has 2 rings (SSSR count). The first-order valence-electron chi connectivity index (χ1n) is 5.42. The summed E-state index contributed by atoms with van der Waals surface area (Å²) in [4.78, 5) is 7.65. The summed E-state index contributed by atoms with van der Waals surface area (Å²) in [6.07, 6.45) is 4.00. The van der Waals surface area contributed by atoms with Gasteiger partial charge in [0.2, 0.25) is 0 Å². The van der Waals surface area contributed by atoms with Crippen molar-refractivity contribution >= 4 is 0 Å². The van der Waals surface area contributed by atoms with Crippen LogP contribution in [0.25, 0.3) is 11.4 Å². The molecule has 3 N–H and O–H groups in total. The van der Waals surface area contributed by atoms with Gasteiger partial charge in [0.15, 0.2) is 0 Å². The van der Waals surface area contributed by atoms with E-state index in [1.807, 2.05) is 13.8 Å². The molecule has 7 nitrogen and oxygen atoms in total. The molecule has 0 amide bonds. The minimum absolute atomic E-state index is 0.0725. The van der Waals surface area contributed by atoms with E-state index in [0.29, 0.717) is 5.69 Å². The van der Waals surface area contributed by atoms with Crippen LogP contribution in [-0.4, -0.2) is 35.1 Å². The lowest BCUT2D eigenvalue weighted by Crippen LogP contribution is -2.26. The topological polar surface area (TPSA) is 104 Å². The zero-order valence-electron chi connectivity index (χ0n) is 10.0. The molecular formula is C11H14N4O3. The summed E-state index contributed by atoms with van der Waals surface area (Å²) in [7, 11) is 0. The third-order valence-corrected chi connectivity index (χ3v) is 2.48. The van der Waals surface area contributed by atoms with E-state index in [9.17, 15) is 15.3 Å². The minimum atomic E-state index is -2.98. The highest BCUT2D eigenvalue weighted by molar-refractivity contribution is 5.59. The molecule has 0 bridgehead atoms. The average Bonchev–Trinajstić information content (AvgIpc) is 2.76. The maximum Gasteiger partial charge on any atom is 0.308 e. The van der Waals surface area contributed by atoms with Crippen molar-refractivity contribution in [3.05, 3.63) is 30.4 Å². The molecule has 18 heavy (non-hydrogen) atoms. The number of rotatable bonds is 3. The van der Waals surface area contributed by atoms with Crippen LogP contribution >= 0.6 is 0 Å². The third kappa shape index (κ3) is 2.23. The van der Waals surface area contributed by atoms with Gasteiger partial charge < -0.3 is 15.3 Å². The lowest BCUT2D eigenvalue weighted by Gasteiger charge is -2.18. The van der Waals surface area contributed by atoms with Gasteiger partial charge in [-0.15, -0.1) is 0 Å². The van der Waals surface area contributed by atoms with Gasteiger partial charge in [-0.05, 0) is 19.9 Å². The van der Waals surface area contributed by atoms with Crippen LogP contribution in [0, 0.1) is 0 Å². The SMILES string of the molecule is CC(C)n1nccc1-c1ncncc1C(O)(O)O. The van der Waals surface area contributed by atoms with E-state index < -0.39 is 5.97 Å². The van der Waals surface area contributed by atoms with Crippen LogP contribution in [0.2, 0.25) is 0 Å². The number of aromatic nitrogens is 4. The normalized spacial score (nSPS) is 12.1. The zero-order valence-corrected chi connectivity index (χ0v) is 10.0. The van der Waals surface area contributed by atoms with E-state index in [2.05, 4.69) is 15.1 Å². The molecule has 0 atom stereocenters. The minimum Gasteiger partial charge on any atom is -0.340 e. The highest BCUT2D eigenvalue weighted by Crippen LogP contribution is 2.27. The van der Waals surface area contributed by atoms with Gasteiger partial charge in [0.1, 0.15) is 12.0 Å². The molecule has 0 aromatic carbocycles. The molecule has 0 aliphatic rings. The average molecular weight is 250 g/mol. The summed E-state index contributed by atoms with van der Waals surface area (Å²) in [5.41, 5.74) is 0.611. The number of hydrogen-bond acceptors (Lipinski definition) is 6. The van der Waals surface area contributed by atoms with Crippen molar-refractivity contribution in [2.75, 3.05) is 0 Å². The Hall–Kier alpha value is -1.83. The fourth-order valence-electron chi connectivity index (χ4n) is 1.69. The summed E-state index contributed by atoms with van der Waals surface area (Å²) >= 11 is 0. The van der Waals surface area contributed by atoms with Gasteiger partial charge in [0.05, 0.1) is 11.3 Å². The van der Waals surface area contributed by atoms with Crippen molar-refractivity contribution < 1.29 is 15.3 Å². The van der Waals surface area contributed by atoms with Gasteiger partial charge in [-0.1, -0.05) is 0 Å². The summed E-state index contributed by atoms with van der Waals surface area (Å²) in [6.45, 7) is 3.86. The monoisotopic (exact) mass is 250 g/mol. The number of hydrogen-bond donors (Lipinski definition) is 3. The Labute approximate surface area is 103 Å². The number of nitrogens with zero attached hydrogens (tertiary/aromatic N) is 4. The van der Waals surface area contributed by atoms with Gasteiger partial charge in [-0.3, -0.25) is 4.68 Å². The maximum atomic E-state index is 9.30. The van der Waals surface area contributed by atoms with E-state index in [1.54, 1.807) is 16.9 Å². The van der Waals surface area contributed by atoms with Gasteiger partial charge in [0, 0.05) is 18.4 Å². The van der Waals surface area contributed by atoms with E-state index in [1.165, 1.54) is 6.33 Å². The molecule has 0 aliphatic heterocycles. The Bertz CT molecular complexity index is 545. The lowest BCUT2D eigenvalue weighted by atomic mass is 10.1. The highest BCUT2D eigenvalue weighted by atomic mass is 16.7. The highest BCUT2D eigenvalue weighted by Gasteiger charge is 2.28. The summed E-state index contributed by atoms with van der Waals surface area (Å²) < 4.78 is 1.66.